The third kappa shape index (κ3) is 2.60. The second-order valence-electron chi connectivity index (χ2n) is 2.86. The van der Waals surface area contributed by atoms with Crippen LogP contribution in [-0.2, 0) is 11.3 Å². The van der Waals surface area contributed by atoms with Gasteiger partial charge in [-0.2, -0.15) is 0 Å². The van der Waals surface area contributed by atoms with Crippen LogP contribution in [0, 0.1) is 0 Å². The molecule has 1 aromatic carbocycles. The molecule has 1 N–H and O–H groups in total. The molecule has 0 bridgehead atoms. The number of aromatic carboxylic acids is 1. The van der Waals surface area contributed by atoms with Gasteiger partial charge in [-0.3, -0.25) is 0 Å². The summed E-state index contributed by atoms with van der Waals surface area (Å²) in [6.45, 7) is 2.68. The van der Waals surface area contributed by atoms with Gasteiger partial charge in [-0.1, -0.05) is 17.6 Å². The van der Waals surface area contributed by atoms with Crippen LogP contribution in [0.4, 0.5) is 0 Å². The zero-order valence-electron chi connectivity index (χ0n) is 7.99. The monoisotopic (exact) mass is 190 g/mol. The van der Waals surface area contributed by atoms with Gasteiger partial charge in [0.15, 0.2) is 0 Å². The maximum atomic E-state index is 10.8. The van der Waals surface area contributed by atoms with Gasteiger partial charge in [-0.15, -0.1) is 0 Å². The second-order valence-corrected chi connectivity index (χ2v) is 2.86. The highest BCUT2D eigenvalue weighted by atomic mass is 16.5. The van der Waals surface area contributed by atoms with E-state index in [4.69, 9.17) is 17.7 Å². The van der Waals surface area contributed by atoms with Gasteiger partial charge in [0.1, 0.15) is 7.85 Å². The predicted octanol–water partition coefficient (Wildman–Crippen LogP) is 0.715. The summed E-state index contributed by atoms with van der Waals surface area (Å²) in [6, 6.07) is 4.68. The van der Waals surface area contributed by atoms with Crippen molar-refractivity contribution in [2.24, 2.45) is 0 Å². The van der Waals surface area contributed by atoms with Crippen LogP contribution in [-0.4, -0.2) is 25.5 Å². The lowest BCUT2D eigenvalue weighted by Gasteiger charge is -2.07. The Morgan fingerprint density at radius 1 is 1.57 bits per heavy atom. The van der Waals surface area contributed by atoms with Crippen molar-refractivity contribution in [1.82, 2.24) is 0 Å². The molecule has 0 spiro atoms. The van der Waals surface area contributed by atoms with Crippen molar-refractivity contribution in [3.63, 3.8) is 0 Å². The van der Waals surface area contributed by atoms with E-state index in [-0.39, 0.29) is 12.2 Å². The molecule has 0 saturated carbocycles. The molecule has 0 fully saturated rings. The molecule has 3 nitrogen and oxygen atoms in total. The fraction of sp³-hybridized carbons (Fsp3) is 0.300. The molecule has 1 rings (SSSR count). The maximum absolute atomic E-state index is 10.8. The summed E-state index contributed by atoms with van der Waals surface area (Å²) in [5, 5.41) is 8.86. The van der Waals surface area contributed by atoms with Crippen LogP contribution >= 0.6 is 0 Å². The zero-order chi connectivity index (χ0) is 10.6. The van der Waals surface area contributed by atoms with Crippen LogP contribution in [0.1, 0.15) is 22.8 Å². The Bertz CT molecular complexity index is 336. The van der Waals surface area contributed by atoms with Crippen molar-refractivity contribution in [3.05, 3.63) is 29.3 Å². The summed E-state index contributed by atoms with van der Waals surface area (Å²) in [5.74, 6) is -0.959. The molecule has 0 aliphatic rings. The molecule has 0 amide bonds. The summed E-state index contributed by atoms with van der Waals surface area (Å²) in [5.41, 5.74) is 1.40. The third-order valence-electron chi connectivity index (χ3n) is 1.82. The molecule has 2 radical (unpaired) electrons. The molecule has 0 saturated heterocycles. The number of carboxylic acid groups (broad SMARTS) is 1. The highest BCUT2D eigenvalue weighted by Crippen LogP contribution is 2.08. The number of hydrogen-bond donors (Lipinski definition) is 1. The van der Waals surface area contributed by atoms with Crippen molar-refractivity contribution in [2.75, 3.05) is 6.61 Å². The molecule has 14 heavy (non-hydrogen) atoms. The van der Waals surface area contributed by atoms with Crippen LogP contribution in [0.15, 0.2) is 18.2 Å². The van der Waals surface area contributed by atoms with E-state index < -0.39 is 5.97 Å². The normalized spacial score (nSPS) is 10.1. The average Bonchev–Trinajstić information content (AvgIpc) is 2.14. The minimum absolute atomic E-state index is 0.243. The van der Waals surface area contributed by atoms with Crippen molar-refractivity contribution in [3.8, 4) is 0 Å². The van der Waals surface area contributed by atoms with E-state index >= 15 is 0 Å². The standard InChI is InChI=1S/C10H11BO3/c1-2-14-6-7-5-8(11)3-4-9(7)10(12)13/h3-5H,2,6H2,1H3,(H,12,13). The number of carboxylic acids is 1. The highest BCUT2D eigenvalue weighted by Gasteiger charge is 2.09. The van der Waals surface area contributed by atoms with Crippen LogP contribution in [0.25, 0.3) is 0 Å². The molecule has 0 unspecified atom stereocenters. The Balaban J connectivity index is 2.97. The van der Waals surface area contributed by atoms with Crippen molar-refractivity contribution in [2.45, 2.75) is 13.5 Å². The lowest BCUT2D eigenvalue weighted by Crippen LogP contribution is -2.10. The van der Waals surface area contributed by atoms with Gasteiger partial charge in [-0.25, -0.2) is 4.79 Å². The molecular formula is C10H11BO3. The number of benzene rings is 1. The Labute approximate surface area is 84.1 Å². The number of rotatable bonds is 4. The van der Waals surface area contributed by atoms with Gasteiger partial charge in [-0.05, 0) is 18.6 Å². The maximum Gasteiger partial charge on any atom is 0.336 e. The van der Waals surface area contributed by atoms with E-state index in [1.807, 2.05) is 6.92 Å². The Hall–Kier alpha value is -1.29. The van der Waals surface area contributed by atoms with Crippen LogP contribution in [0.5, 0.6) is 0 Å². The molecule has 0 aliphatic carbocycles. The molecule has 0 aliphatic heterocycles. The van der Waals surface area contributed by atoms with E-state index in [9.17, 15) is 4.79 Å². The lowest BCUT2D eigenvalue weighted by atomic mass is 9.92. The topological polar surface area (TPSA) is 46.5 Å². The fourth-order valence-electron chi connectivity index (χ4n) is 1.15. The van der Waals surface area contributed by atoms with Crippen molar-refractivity contribution >= 4 is 19.3 Å². The molecule has 4 heteroatoms. The fourth-order valence-corrected chi connectivity index (χ4v) is 1.15. The summed E-state index contributed by atoms with van der Waals surface area (Å²) < 4.78 is 5.15. The van der Waals surface area contributed by atoms with Crippen LogP contribution in [0.2, 0.25) is 0 Å². The third-order valence-corrected chi connectivity index (χ3v) is 1.82. The van der Waals surface area contributed by atoms with E-state index in [2.05, 4.69) is 0 Å². The van der Waals surface area contributed by atoms with E-state index in [0.29, 0.717) is 17.6 Å². The summed E-state index contributed by atoms with van der Waals surface area (Å²) in [7, 11) is 5.55. The number of carbonyl (C=O) groups is 1. The molecular weight excluding hydrogens is 179 g/mol. The second kappa shape index (κ2) is 4.81. The quantitative estimate of drug-likeness (QED) is 0.711. The Kier molecular flexibility index (Phi) is 3.71. The van der Waals surface area contributed by atoms with Gasteiger partial charge in [0.2, 0.25) is 0 Å². The Morgan fingerprint density at radius 2 is 2.29 bits per heavy atom. The largest absolute Gasteiger partial charge is 0.478 e. The van der Waals surface area contributed by atoms with Crippen LogP contribution in [0.3, 0.4) is 0 Å². The number of hydrogen-bond acceptors (Lipinski definition) is 2. The zero-order valence-corrected chi connectivity index (χ0v) is 7.99. The van der Waals surface area contributed by atoms with Gasteiger partial charge < -0.3 is 9.84 Å². The van der Waals surface area contributed by atoms with Gasteiger partial charge >= 0.3 is 5.97 Å². The first-order valence-corrected chi connectivity index (χ1v) is 4.34. The van der Waals surface area contributed by atoms with E-state index in [0.717, 1.165) is 0 Å². The number of ether oxygens (including phenoxy) is 1. The first kappa shape index (κ1) is 10.8. The first-order valence-electron chi connectivity index (χ1n) is 4.34. The first-order chi connectivity index (χ1) is 6.65. The summed E-state index contributed by atoms with van der Waals surface area (Å²) in [4.78, 5) is 10.8. The lowest BCUT2D eigenvalue weighted by molar-refractivity contribution is 0.0689. The highest BCUT2D eigenvalue weighted by molar-refractivity contribution is 6.32. The average molecular weight is 190 g/mol. The predicted molar refractivity (Wildman–Crippen MR) is 54.1 cm³/mol. The molecule has 72 valence electrons. The molecule has 0 atom stereocenters. The molecule has 0 heterocycles. The van der Waals surface area contributed by atoms with E-state index in [1.165, 1.54) is 6.07 Å². The van der Waals surface area contributed by atoms with Gasteiger partial charge in [0.05, 0.1) is 12.2 Å². The summed E-state index contributed by atoms with van der Waals surface area (Å²) in [6.07, 6.45) is 0. The minimum Gasteiger partial charge on any atom is -0.478 e. The van der Waals surface area contributed by atoms with Gasteiger partial charge in [0, 0.05) is 6.61 Å². The Morgan fingerprint density at radius 3 is 2.86 bits per heavy atom. The smallest absolute Gasteiger partial charge is 0.336 e. The molecule has 1 aromatic rings. The van der Waals surface area contributed by atoms with E-state index in [1.54, 1.807) is 12.1 Å². The summed E-state index contributed by atoms with van der Waals surface area (Å²) >= 11 is 0. The van der Waals surface area contributed by atoms with Crippen molar-refractivity contribution < 1.29 is 14.6 Å². The van der Waals surface area contributed by atoms with Crippen LogP contribution < -0.4 is 5.46 Å². The van der Waals surface area contributed by atoms with Gasteiger partial charge in [0.25, 0.3) is 0 Å². The molecule has 0 aromatic heterocycles. The van der Waals surface area contributed by atoms with Crippen molar-refractivity contribution in [1.29, 1.82) is 0 Å². The SMILES string of the molecule is [B]c1ccc(C(=O)O)c(COCC)c1. The minimum atomic E-state index is -0.959.